The second-order valence-corrected chi connectivity index (χ2v) is 3.93. The Bertz CT molecular complexity index is 502. The molecule has 0 spiro atoms. The van der Waals surface area contributed by atoms with Gasteiger partial charge in [0, 0.05) is 6.54 Å². The van der Waals surface area contributed by atoms with Crippen molar-refractivity contribution in [1.29, 1.82) is 0 Å². The summed E-state index contributed by atoms with van der Waals surface area (Å²) in [5, 5.41) is 13.0. The molecule has 3 amide bonds. The highest BCUT2D eigenvalue weighted by molar-refractivity contribution is 5.98. The number of nitrogens with zero attached hydrogens (tertiary/aromatic N) is 1. The third-order valence-corrected chi connectivity index (χ3v) is 2.65. The van der Waals surface area contributed by atoms with E-state index < -0.39 is 24.1 Å². The number of imide groups is 1. The van der Waals surface area contributed by atoms with Crippen molar-refractivity contribution < 1.29 is 24.2 Å². The van der Waals surface area contributed by atoms with Gasteiger partial charge in [-0.05, 0) is 5.56 Å². The van der Waals surface area contributed by atoms with E-state index in [-0.39, 0.29) is 13.2 Å². The Morgan fingerprint density at radius 1 is 1.37 bits per heavy atom. The lowest BCUT2D eigenvalue weighted by atomic mass is 10.2. The molecule has 1 aliphatic rings. The predicted octanol–water partition coefficient (Wildman–Crippen LogP) is -0.533. The fraction of sp³-hybridized carbons (Fsp3) is 0.250. The molecule has 7 heteroatoms. The fourth-order valence-corrected chi connectivity index (χ4v) is 1.69. The molecule has 0 unspecified atom stereocenters. The molecule has 1 fully saturated rings. The maximum absolute atomic E-state index is 11.7. The Morgan fingerprint density at radius 3 is 2.68 bits per heavy atom. The number of hydrogen-bond donors (Lipinski definition) is 1. The van der Waals surface area contributed by atoms with Gasteiger partial charge in [-0.15, -0.1) is 0 Å². The molecule has 1 N–H and O–H groups in total. The Balaban J connectivity index is 1.99. The minimum atomic E-state index is -1.50. The number of aliphatic carboxylic acids is 1. The summed E-state index contributed by atoms with van der Waals surface area (Å²) in [6.45, 7) is -0.217. The van der Waals surface area contributed by atoms with Crippen molar-refractivity contribution in [3.05, 3.63) is 35.9 Å². The zero-order valence-corrected chi connectivity index (χ0v) is 9.87. The standard InChI is InChI=1S/C12H12N2O5/c15-10(16)9-6-13-11(17)14(9)12(18)19-7-8-4-2-1-3-5-8/h1-5,9H,6-7H2,(H,13,17)(H,15,16)/p-1/t9-/m0/s1. The number of benzene rings is 1. The first-order valence-corrected chi connectivity index (χ1v) is 5.58. The zero-order valence-electron chi connectivity index (χ0n) is 9.87. The van der Waals surface area contributed by atoms with Gasteiger partial charge >= 0.3 is 12.1 Å². The van der Waals surface area contributed by atoms with Gasteiger partial charge in [0.25, 0.3) is 0 Å². The van der Waals surface area contributed by atoms with Crippen molar-refractivity contribution in [2.75, 3.05) is 6.54 Å². The summed E-state index contributed by atoms with van der Waals surface area (Å²) in [7, 11) is 0. The normalized spacial score (nSPS) is 18.0. The van der Waals surface area contributed by atoms with Crippen LogP contribution in [0.3, 0.4) is 0 Å². The largest absolute Gasteiger partial charge is 0.548 e. The van der Waals surface area contributed by atoms with Crippen LogP contribution in [0.25, 0.3) is 0 Å². The van der Waals surface area contributed by atoms with E-state index in [1.807, 2.05) is 6.07 Å². The molecule has 19 heavy (non-hydrogen) atoms. The van der Waals surface area contributed by atoms with Crippen molar-refractivity contribution in [3.63, 3.8) is 0 Å². The van der Waals surface area contributed by atoms with Gasteiger partial charge in [0.05, 0.1) is 5.97 Å². The predicted molar refractivity (Wildman–Crippen MR) is 60.7 cm³/mol. The van der Waals surface area contributed by atoms with Crippen LogP contribution in [0.5, 0.6) is 0 Å². The summed E-state index contributed by atoms with van der Waals surface area (Å²) < 4.78 is 4.90. The maximum atomic E-state index is 11.7. The number of carboxylic acid groups (broad SMARTS) is 1. The van der Waals surface area contributed by atoms with Crippen LogP contribution in [0.15, 0.2) is 30.3 Å². The summed E-state index contributed by atoms with van der Waals surface area (Å²) in [6, 6.07) is 6.71. The van der Waals surface area contributed by atoms with E-state index in [9.17, 15) is 19.5 Å². The SMILES string of the molecule is O=C([O-])[C@@H]1CNC(=O)N1C(=O)OCc1ccccc1. The topological polar surface area (TPSA) is 98.8 Å². The van der Waals surface area contributed by atoms with Crippen LogP contribution in [0.1, 0.15) is 5.56 Å². The summed E-state index contributed by atoms with van der Waals surface area (Å²) in [5.74, 6) is -1.50. The molecule has 100 valence electrons. The van der Waals surface area contributed by atoms with Crippen molar-refractivity contribution in [3.8, 4) is 0 Å². The average Bonchev–Trinajstić information content (AvgIpc) is 2.79. The fourth-order valence-electron chi connectivity index (χ4n) is 1.69. The van der Waals surface area contributed by atoms with E-state index in [2.05, 4.69) is 5.32 Å². The van der Waals surface area contributed by atoms with Crippen LogP contribution in [0.2, 0.25) is 0 Å². The Labute approximate surface area is 108 Å². The number of urea groups is 1. The van der Waals surface area contributed by atoms with Crippen molar-refractivity contribution in [2.45, 2.75) is 12.6 Å². The number of carbonyl (C=O) groups excluding carboxylic acids is 3. The molecule has 1 heterocycles. The van der Waals surface area contributed by atoms with Crippen LogP contribution in [-0.4, -0.2) is 35.6 Å². The van der Waals surface area contributed by atoms with Crippen LogP contribution in [0, 0.1) is 0 Å². The number of hydrogen-bond acceptors (Lipinski definition) is 5. The van der Waals surface area contributed by atoms with E-state index >= 15 is 0 Å². The van der Waals surface area contributed by atoms with E-state index in [4.69, 9.17) is 4.74 Å². The first kappa shape index (κ1) is 12.9. The summed E-state index contributed by atoms with van der Waals surface area (Å²) in [4.78, 5) is 34.4. The smallest absolute Gasteiger partial charge is 0.419 e. The molecule has 1 aliphatic heterocycles. The van der Waals surface area contributed by atoms with E-state index in [1.54, 1.807) is 24.3 Å². The highest BCUT2D eigenvalue weighted by Gasteiger charge is 2.37. The van der Waals surface area contributed by atoms with Gasteiger partial charge in [-0.3, -0.25) is 0 Å². The molecule has 0 aliphatic carbocycles. The summed E-state index contributed by atoms with van der Waals surface area (Å²) in [5.41, 5.74) is 0.737. The third kappa shape index (κ3) is 2.82. The second-order valence-electron chi connectivity index (χ2n) is 3.93. The van der Waals surface area contributed by atoms with Crippen molar-refractivity contribution >= 4 is 18.1 Å². The molecule has 1 aromatic carbocycles. The van der Waals surface area contributed by atoms with Crippen molar-refractivity contribution in [2.24, 2.45) is 0 Å². The Kier molecular flexibility index (Phi) is 3.65. The van der Waals surface area contributed by atoms with Gasteiger partial charge in [-0.1, -0.05) is 30.3 Å². The second kappa shape index (κ2) is 5.38. The molecule has 0 radical (unpaired) electrons. The first-order valence-electron chi connectivity index (χ1n) is 5.58. The van der Waals surface area contributed by atoms with Crippen LogP contribution < -0.4 is 10.4 Å². The minimum Gasteiger partial charge on any atom is -0.548 e. The number of carbonyl (C=O) groups is 3. The van der Waals surface area contributed by atoms with Crippen molar-refractivity contribution in [1.82, 2.24) is 10.2 Å². The minimum absolute atomic E-state index is 0.0385. The number of rotatable bonds is 3. The van der Waals surface area contributed by atoms with Crippen LogP contribution in [0.4, 0.5) is 9.59 Å². The maximum Gasteiger partial charge on any atom is 0.419 e. The monoisotopic (exact) mass is 263 g/mol. The molecule has 1 atom stereocenters. The Morgan fingerprint density at radius 2 is 2.05 bits per heavy atom. The van der Waals surface area contributed by atoms with E-state index in [0.717, 1.165) is 5.56 Å². The number of amides is 3. The first-order chi connectivity index (χ1) is 9.09. The van der Waals surface area contributed by atoms with Crippen LogP contribution >= 0.6 is 0 Å². The molecule has 0 aromatic heterocycles. The third-order valence-electron chi connectivity index (χ3n) is 2.65. The van der Waals surface area contributed by atoms with Gasteiger partial charge in [0.15, 0.2) is 0 Å². The molecular weight excluding hydrogens is 252 g/mol. The zero-order chi connectivity index (χ0) is 13.8. The highest BCUT2D eigenvalue weighted by Crippen LogP contribution is 2.10. The lowest BCUT2D eigenvalue weighted by Crippen LogP contribution is -2.49. The number of carboxylic acids is 1. The van der Waals surface area contributed by atoms with Gasteiger partial charge in [-0.25, -0.2) is 14.5 Å². The summed E-state index contributed by atoms with van der Waals surface area (Å²) >= 11 is 0. The van der Waals surface area contributed by atoms with Gasteiger partial charge in [0.2, 0.25) is 0 Å². The Hall–Kier alpha value is -2.57. The van der Waals surface area contributed by atoms with Gasteiger partial charge in [-0.2, -0.15) is 0 Å². The molecule has 0 saturated carbocycles. The lowest BCUT2D eigenvalue weighted by Gasteiger charge is -2.21. The molecule has 1 aromatic rings. The molecule has 1 saturated heterocycles. The molecule has 7 nitrogen and oxygen atoms in total. The lowest BCUT2D eigenvalue weighted by molar-refractivity contribution is -0.309. The molecular formula is C12H11N2O5-. The van der Waals surface area contributed by atoms with Gasteiger partial charge < -0.3 is 20.0 Å². The molecule has 0 bridgehead atoms. The molecule has 2 rings (SSSR count). The quantitative estimate of drug-likeness (QED) is 0.790. The van der Waals surface area contributed by atoms with E-state index in [0.29, 0.717) is 4.90 Å². The number of ether oxygens (including phenoxy) is 1. The highest BCUT2D eigenvalue weighted by atomic mass is 16.6. The van der Waals surface area contributed by atoms with Crippen LogP contribution in [-0.2, 0) is 16.1 Å². The average molecular weight is 263 g/mol. The van der Waals surface area contributed by atoms with Gasteiger partial charge in [0.1, 0.15) is 12.6 Å². The van der Waals surface area contributed by atoms with E-state index in [1.165, 1.54) is 0 Å². The summed E-state index contributed by atoms with van der Waals surface area (Å²) in [6.07, 6.45) is -1.01. The number of nitrogens with one attached hydrogen (secondary N) is 1.